The van der Waals surface area contributed by atoms with Crippen LogP contribution in [0, 0.1) is 11.3 Å². The van der Waals surface area contributed by atoms with E-state index in [0.717, 1.165) is 40.8 Å². The Labute approximate surface area is 145 Å². The molecule has 2 heterocycles. The fraction of sp³-hybridized carbons (Fsp3) is 0.263. The number of nitriles is 1. The first-order chi connectivity index (χ1) is 11.7. The van der Waals surface area contributed by atoms with E-state index in [1.807, 2.05) is 25.2 Å². The molecule has 0 radical (unpaired) electrons. The number of halogens is 1. The molecule has 0 bridgehead atoms. The standard InChI is InChI=1S/C19H17ClN4/c1-22-14-7-5-12(6-8-14)18-17(10-21)16-9-13(20)11-23-19(16)24(18)15-3-2-4-15/h5-9,11,15,22H,2-4H2,1H3. The molecule has 0 unspecified atom stereocenters. The SMILES string of the molecule is CNc1ccc(-c2c(C#N)c3cc(Cl)cnc3n2C2CCC2)cc1. The van der Waals surface area contributed by atoms with E-state index in [0.29, 0.717) is 16.6 Å². The highest BCUT2D eigenvalue weighted by molar-refractivity contribution is 6.31. The van der Waals surface area contributed by atoms with Gasteiger partial charge in [0.15, 0.2) is 0 Å². The van der Waals surface area contributed by atoms with Gasteiger partial charge in [0, 0.05) is 30.4 Å². The van der Waals surface area contributed by atoms with Gasteiger partial charge in [0.05, 0.1) is 16.3 Å². The van der Waals surface area contributed by atoms with Crippen LogP contribution in [-0.2, 0) is 0 Å². The molecule has 1 aliphatic rings. The minimum absolute atomic E-state index is 0.405. The molecule has 0 aliphatic heterocycles. The van der Waals surface area contributed by atoms with Crippen LogP contribution in [0.1, 0.15) is 30.9 Å². The topological polar surface area (TPSA) is 53.6 Å². The van der Waals surface area contributed by atoms with Gasteiger partial charge in [0.25, 0.3) is 0 Å². The molecule has 0 amide bonds. The Kier molecular flexibility index (Phi) is 3.66. The summed E-state index contributed by atoms with van der Waals surface area (Å²) in [5.74, 6) is 0. The lowest BCUT2D eigenvalue weighted by atomic mass is 9.92. The highest BCUT2D eigenvalue weighted by atomic mass is 35.5. The predicted molar refractivity (Wildman–Crippen MR) is 97.3 cm³/mol. The van der Waals surface area contributed by atoms with Gasteiger partial charge >= 0.3 is 0 Å². The molecular formula is C19H17ClN4. The largest absolute Gasteiger partial charge is 0.388 e. The zero-order chi connectivity index (χ0) is 16.7. The fourth-order valence-corrected chi connectivity index (χ4v) is 3.51. The Bertz CT molecular complexity index is 946. The average Bonchev–Trinajstić information content (AvgIpc) is 2.87. The van der Waals surface area contributed by atoms with Crippen molar-refractivity contribution >= 4 is 28.3 Å². The lowest BCUT2D eigenvalue weighted by molar-refractivity contribution is 0.323. The summed E-state index contributed by atoms with van der Waals surface area (Å²) in [7, 11) is 1.90. The summed E-state index contributed by atoms with van der Waals surface area (Å²) in [4.78, 5) is 4.54. The van der Waals surface area contributed by atoms with E-state index >= 15 is 0 Å². The molecule has 1 aromatic carbocycles. The van der Waals surface area contributed by atoms with Gasteiger partial charge in [-0.2, -0.15) is 5.26 Å². The molecule has 24 heavy (non-hydrogen) atoms. The number of hydrogen-bond donors (Lipinski definition) is 1. The predicted octanol–water partition coefficient (Wildman–Crippen LogP) is 5.00. The van der Waals surface area contributed by atoms with Crippen molar-refractivity contribution in [3.63, 3.8) is 0 Å². The molecule has 4 rings (SSSR count). The van der Waals surface area contributed by atoms with Gasteiger partial charge in [-0.1, -0.05) is 23.7 Å². The van der Waals surface area contributed by atoms with Crippen LogP contribution >= 0.6 is 11.6 Å². The van der Waals surface area contributed by atoms with Crippen LogP contribution in [0.25, 0.3) is 22.3 Å². The second-order valence-electron chi connectivity index (χ2n) is 6.14. The molecule has 0 atom stereocenters. The number of benzene rings is 1. The van der Waals surface area contributed by atoms with E-state index in [-0.39, 0.29) is 0 Å². The third-order valence-electron chi connectivity index (χ3n) is 4.81. The van der Waals surface area contributed by atoms with Crippen LogP contribution in [0.3, 0.4) is 0 Å². The quantitative estimate of drug-likeness (QED) is 0.732. The van der Waals surface area contributed by atoms with E-state index in [2.05, 4.69) is 33.1 Å². The second kappa shape index (κ2) is 5.85. The lowest BCUT2D eigenvalue weighted by Crippen LogP contribution is -2.18. The highest BCUT2D eigenvalue weighted by Gasteiger charge is 2.28. The fourth-order valence-electron chi connectivity index (χ4n) is 3.35. The molecule has 1 aliphatic carbocycles. The van der Waals surface area contributed by atoms with Crippen LogP contribution in [0.15, 0.2) is 36.5 Å². The second-order valence-corrected chi connectivity index (χ2v) is 6.58. The summed E-state index contributed by atoms with van der Waals surface area (Å²) in [6.45, 7) is 0. The maximum Gasteiger partial charge on any atom is 0.142 e. The number of pyridine rings is 1. The minimum Gasteiger partial charge on any atom is -0.388 e. The lowest BCUT2D eigenvalue weighted by Gasteiger charge is -2.29. The molecule has 120 valence electrons. The van der Waals surface area contributed by atoms with E-state index in [9.17, 15) is 5.26 Å². The summed E-state index contributed by atoms with van der Waals surface area (Å²) in [5, 5.41) is 14.3. The normalized spacial score (nSPS) is 14.4. The Morgan fingerprint density at radius 1 is 1.29 bits per heavy atom. The van der Waals surface area contributed by atoms with Crippen molar-refractivity contribution in [3.05, 3.63) is 47.1 Å². The summed E-state index contributed by atoms with van der Waals surface area (Å²) in [6, 6.07) is 12.8. The molecular weight excluding hydrogens is 320 g/mol. The smallest absolute Gasteiger partial charge is 0.142 e. The number of aromatic nitrogens is 2. The summed E-state index contributed by atoms with van der Waals surface area (Å²) < 4.78 is 2.24. The molecule has 5 heteroatoms. The van der Waals surface area contributed by atoms with Gasteiger partial charge in [-0.25, -0.2) is 4.98 Å². The number of nitrogens with one attached hydrogen (secondary N) is 1. The first-order valence-corrected chi connectivity index (χ1v) is 8.48. The zero-order valence-electron chi connectivity index (χ0n) is 13.4. The molecule has 3 aromatic rings. The number of rotatable bonds is 3. The Morgan fingerprint density at radius 3 is 2.62 bits per heavy atom. The van der Waals surface area contributed by atoms with Crippen LogP contribution in [-0.4, -0.2) is 16.6 Å². The minimum atomic E-state index is 0.405. The maximum absolute atomic E-state index is 9.81. The Balaban J connectivity index is 2.02. The van der Waals surface area contributed by atoms with Gasteiger partial charge in [0.1, 0.15) is 11.7 Å². The third kappa shape index (κ3) is 2.24. The van der Waals surface area contributed by atoms with Crippen molar-refractivity contribution in [2.24, 2.45) is 0 Å². The first-order valence-electron chi connectivity index (χ1n) is 8.10. The van der Waals surface area contributed by atoms with E-state index in [1.165, 1.54) is 6.42 Å². The Morgan fingerprint density at radius 2 is 2.04 bits per heavy atom. The first kappa shape index (κ1) is 15.0. The van der Waals surface area contributed by atoms with Crippen LogP contribution in [0.5, 0.6) is 0 Å². The number of nitrogens with zero attached hydrogens (tertiary/aromatic N) is 3. The molecule has 0 saturated heterocycles. The molecule has 0 spiro atoms. The van der Waals surface area contributed by atoms with Crippen molar-refractivity contribution in [2.45, 2.75) is 25.3 Å². The number of hydrogen-bond acceptors (Lipinski definition) is 3. The van der Waals surface area contributed by atoms with Crippen LogP contribution in [0.4, 0.5) is 5.69 Å². The van der Waals surface area contributed by atoms with Crippen molar-refractivity contribution in [1.29, 1.82) is 5.26 Å². The monoisotopic (exact) mass is 336 g/mol. The van der Waals surface area contributed by atoms with Crippen molar-refractivity contribution < 1.29 is 0 Å². The molecule has 2 aromatic heterocycles. The Hall–Kier alpha value is -2.51. The van der Waals surface area contributed by atoms with Gasteiger partial charge in [-0.3, -0.25) is 0 Å². The summed E-state index contributed by atoms with van der Waals surface area (Å²) >= 11 is 6.13. The van der Waals surface area contributed by atoms with E-state index in [4.69, 9.17) is 11.6 Å². The zero-order valence-corrected chi connectivity index (χ0v) is 14.1. The van der Waals surface area contributed by atoms with Gasteiger partial charge in [0.2, 0.25) is 0 Å². The van der Waals surface area contributed by atoms with Gasteiger partial charge < -0.3 is 9.88 Å². The van der Waals surface area contributed by atoms with E-state index in [1.54, 1.807) is 6.20 Å². The summed E-state index contributed by atoms with van der Waals surface area (Å²) in [5.41, 5.74) is 4.54. The molecule has 4 nitrogen and oxygen atoms in total. The maximum atomic E-state index is 9.81. The number of anilines is 1. The average molecular weight is 337 g/mol. The van der Waals surface area contributed by atoms with Gasteiger partial charge in [-0.05, 0) is 43.0 Å². The molecule has 1 saturated carbocycles. The van der Waals surface area contributed by atoms with E-state index < -0.39 is 0 Å². The van der Waals surface area contributed by atoms with Crippen LogP contribution < -0.4 is 5.32 Å². The third-order valence-corrected chi connectivity index (χ3v) is 5.01. The molecule has 1 N–H and O–H groups in total. The van der Waals surface area contributed by atoms with Crippen molar-refractivity contribution in [3.8, 4) is 17.3 Å². The van der Waals surface area contributed by atoms with Crippen molar-refractivity contribution in [2.75, 3.05) is 12.4 Å². The van der Waals surface area contributed by atoms with Gasteiger partial charge in [-0.15, -0.1) is 0 Å². The summed E-state index contributed by atoms with van der Waals surface area (Å²) in [6.07, 6.45) is 5.13. The van der Waals surface area contributed by atoms with Crippen molar-refractivity contribution in [1.82, 2.24) is 9.55 Å². The highest BCUT2D eigenvalue weighted by Crippen LogP contribution is 2.42. The van der Waals surface area contributed by atoms with Crippen LogP contribution in [0.2, 0.25) is 5.02 Å². The molecule has 1 fully saturated rings. The number of fused-ring (bicyclic) bond motifs is 1.